The quantitative estimate of drug-likeness (QED) is 0.495. The summed E-state index contributed by atoms with van der Waals surface area (Å²) in [5.74, 6) is 0.818. The Morgan fingerprint density at radius 3 is 2.29 bits per heavy atom. The van der Waals surface area contributed by atoms with Crippen molar-refractivity contribution in [3.63, 3.8) is 0 Å². The van der Waals surface area contributed by atoms with Crippen molar-refractivity contribution in [3.8, 4) is 0 Å². The Morgan fingerprint density at radius 2 is 1.58 bits per heavy atom. The average molecular weight is 325 g/mol. The van der Waals surface area contributed by atoms with Crippen LogP contribution in [0.15, 0.2) is 12.1 Å². The molecule has 3 aliphatic carbocycles. The Balaban J connectivity index is 1.88. The van der Waals surface area contributed by atoms with Crippen LogP contribution in [0.5, 0.6) is 0 Å². The second-order valence-corrected chi connectivity index (χ2v) is 10.8. The highest BCUT2D eigenvalue weighted by atomic mass is 14.7. The highest BCUT2D eigenvalue weighted by molar-refractivity contribution is 5.49. The lowest BCUT2D eigenvalue weighted by molar-refractivity contribution is -0.171. The van der Waals surface area contributed by atoms with Gasteiger partial charge in [0.2, 0.25) is 0 Å². The van der Waals surface area contributed by atoms with Crippen molar-refractivity contribution in [2.75, 3.05) is 0 Å². The minimum atomic E-state index is 0.398. The van der Waals surface area contributed by atoms with Crippen molar-refractivity contribution >= 4 is 0 Å². The standard InChI is InChI=1S/C24H36/c1-16-13-17(2)20-18(14-16)15-19-22(20,5)11-12-24(7)21(3,4)9-8-10-23(19,24)6/h13-14,19H,8-12,15H2,1-7H3/t19-,22+,23-,24+/m1/s1. The summed E-state index contributed by atoms with van der Waals surface area (Å²) in [4.78, 5) is 0. The number of fused-ring (bicyclic) bond motifs is 5. The van der Waals surface area contributed by atoms with Crippen LogP contribution in [-0.4, -0.2) is 0 Å². The van der Waals surface area contributed by atoms with Gasteiger partial charge in [-0.2, -0.15) is 0 Å². The van der Waals surface area contributed by atoms with Crippen LogP contribution in [0.4, 0.5) is 0 Å². The van der Waals surface area contributed by atoms with Gasteiger partial charge in [-0.1, -0.05) is 58.7 Å². The summed E-state index contributed by atoms with van der Waals surface area (Å²) >= 11 is 0. The van der Waals surface area contributed by atoms with E-state index >= 15 is 0 Å². The Labute approximate surface area is 149 Å². The SMILES string of the molecule is Cc1cc(C)c2c(c1)C[C@@H]1[C@]2(C)CC[C@@]2(C)C(C)(C)CCC[C@]12C. The van der Waals surface area contributed by atoms with Gasteiger partial charge in [0.1, 0.15) is 0 Å². The molecule has 1 aromatic carbocycles. The molecule has 0 aliphatic heterocycles. The molecule has 3 aliphatic rings. The second-order valence-electron chi connectivity index (χ2n) is 10.8. The van der Waals surface area contributed by atoms with Crippen molar-refractivity contribution in [1.82, 2.24) is 0 Å². The first-order chi connectivity index (χ1) is 11.1. The second kappa shape index (κ2) is 4.68. The lowest BCUT2D eigenvalue weighted by Crippen LogP contribution is -2.61. The van der Waals surface area contributed by atoms with Gasteiger partial charge in [-0.05, 0) is 90.2 Å². The third-order valence-electron chi connectivity index (χ3n) is 9.49. The van der Waals surface area contributed by atoms with Gasteiger partial charge in [-0.15, -0.1) is 0 Å². The molecule has 0 amide bonds. The molecule has 0 bridgehead atoms. The van der Waals surface area contributed by atoms with E-state index in [1.807, 2.05) is 0 Å². The maximum absolute atomic E-state index is 2.67. The molecular formula is C24H36. The zero-order valence-electron chi connectivity index (χ0n) is 17.0. The van der Waals surface area contributed by atoms with E-state index in [-0.39, 0.29) is 0 Å². The number of rotatable bonds is 0. The van der Waals surface area contributed by atoms with E-state index in [9.17, 15) is 0 Å². The van der Waals surface area contributed by atoms with Crippen LogP contribution >= 0.6 is 0 Å². The minimum absolute atomic E-state index is 0.398. The Morgan fingerprint density at radius 1 is 0.875 bits per heavy atom. The van der Waals surface area contributed by atoms with Crippen LogP contribution < -0.4 is 0 Å². The van der Waals surface area contributed by atoms with Gasteiger partial charge in [0.25, 0.3) is 0 Å². The molecule has 0 spiro atoms. The predicted octanol–water partition coefficient (Wildman–Crippen LogP) is 6.75. The fourth-order valence-corrected chi connectivity index (χ4v) is 7.80. The molecule has 0 nitrogen and oxygen atoms in total. The minimum Gasteiger partial charge on any atom is -0.0594 e. The van der Waals surface area contributed by atoms with Crippen molar-refractivity contribution in [2.45, 2.75) is 92.4 Å². The van der Waals surface area contributed by atoms with Gasteiger partial charge in [-0.3, -0.25) is 0 Å². The normalized spacial score (nSPS) is 43.0. The van der Waals surface area contributed by atoms with Crippen molar-refractivity contribution in [1.29, 1.82) is 0 Å². The van der Waals surface area contributed by atoms with Crippen molar-refractivity contribution < 1.29 is 0 Å². The van der Waals surface area contributed by atoms with Crippen LogP contribution in [-0.2, 0) is 11.8 Å². The Kier molecular flexibility index (Phi) is 3.25. The summed E-state index contributed by atoms with van der Waals surface area (Å²) in [6.45, 7) is 17.7. The van der Waals surface area contributed by atoms with E-state index in [4.69, 9.17) is 0 Å². The van der Waals surface area contributed by atoms with E-state index in [2.05, 4.69) is 60.6 Å². The summed E-state index contributed by atoms with van der Waals surface area (Å²) in [6.07, 6.45) is 8.35. The third kappa shape index (κ3) is 1.76. The first-order valence-electron chi connectivity index (χ1n) is 10.2. The van der Waals surface area contributed by atoms with Crippen molar-refractivity contribution in [2.24, 2.45) is 22.2 Å². The van der Waals surface area contributed by atoms with Gasteiger partial charge < -0.3 is 0 Å². The molecule has 0 heteroatoms. The molecule has 1 aromatic rings. The van der Waals surface area contributed by atoms with E-state index < -0.39 is 0 Å². The molecule has 0 unspecified atom stereocenters. The zero-order chi connectivity index (χ0) is 17.5. The van der Waals surface area contributed by atoms with Crippen LogP contribution in [0, 0.1) is 36.0 Å². The molecule has 0 saturated heterocycles. The Bertz CT molecular complexity index is 696. The van der Waals surface area contributed by atoms with Crippen LogP contribution in [0.1, 0.15) is 89.0 Å². The van der Waals surface area contributed by atoms with Gasteiger partial charge in [0.15, 0.2) is 0 Å². The molecular weight excluding hydrogens is 288 g/mol. The summed E-state index contributed by atoms with van der Waals surface area (Å²) in [5, 5.41) is 0. The molecule has 4 atom stereocenters. The molecule has 132 valence electrons. The third-order valence-corrected chi connectivity index (χ3v) is 9.49. The number of aryl methyl sites for hydroxylation is 2. The number of hydrogen-bond acceptors (Lipinski definition) is 0. The van der Waals surface area contributed by atoms with Crippen LogP contribution in [0.2, 0.25) is 0 Å². The fourth-order valence-electron chi connectivity index (χ4n) is 7.80. The molecule has 2 fully saturated rings. The molecule has 0 N–H and O–H groups in total. The lowest BCUT2D eigenvalue weighted by Gasteiger charge is -2.67. The summed E-state index contributed by atoms with van der Waals surface area (Å²) in [5.41, 5.74) is 8.23. The van der Waals surface area contributed by atoms with Crippen LogP contribution in [0.25, 0.3) is 0 Å². The summed E-state index contributed by atoms with van der Waals surface area (Å²) in [7, 11) is 0. The predicted molar refractivity (Wildman–Crippen MR) is 104 cm³/mol. The van der Waals surface area contributed by atoms with E-state index in [1.165, 1.54) is 44.1 Å². The van der Waals surface area contributed by atoms with Gasteiger partial charge >= 0.3 is 0 Å². The number of hydrogen-bond donors (Lipinski definition) is 0. The molecule has 0 radical (unpaired) electrons. The van der Waals surface area contributed by atoms with Gasteiger partial charge in [0.05, 0.1) is 0 Å². The molecule has 2 saturated carbocycles. The molecule has 4 rings (SSSR count). The van der Waals surface area contributed by atoms with E-state index in [0.717, 1.165) is 5.92 Å². The first kappa shape index (κ1) is 16.7. The zero-order valence-corrected chi connectivity index (χ0v) is 17.0. The molecule has 24 heavy (non-hydrogen) atoms. The van der Waals surface area contributed by atoms with Gasteiger partial charge in [0, 0.05) is 0 Å². The monoisotopic (exact) mass is 324 g/mol. The fraction of sp³-hybridized carbons (Fsp3) is 0.750. The van der Waals surface area contributed by atoms with Crippen molar-refractivity contribution in [3.05, 3.63) is 34.4 Å². The smallest absolute Gasteiger partial charge is 0.00329 e. The maximum atomic E-state index is 2.67. The summed E-state index contributed by atoms with van der Waals surface area (Å²) < 4.78 is 0. The highest BCUT2D eigenvalue weighted by Crippen LogP contribution is 2.73. The van der Waals surface area contributed by atoms with E-state index in [0.29, 0.717) is 21.7 Å². The largest absolute Gasteiger partial charge is 0.0594 e. The average Bonchev–Trinajstić information content (AvgIpc) is 2.76. The number of benzene rings is 1. The highest BCUT2D eigenvalue weighted by Gasteiger charge is 2.66. The maximum Gasteiger partial charge on any atom is -0.00329 e. The molecule has 0 aromatic heterocycles. The van der Waals surface area contributed by atoms with Crippen LogP contribution in [0.3, 0.4) is 0 Å². The topological polar surface area (TPSA) is 0 Å². The van der Waals surface area contributed by atoms with Gasteiger partial charge in [-0.25, -0.2) is 0 Å². The van der Waals surface area contributed by atoms with E-state index in [1.54, 1.807) is 16.7 Å². The Hall–Kier alpha value is -0.780. The first-order valence-corrected chi connectivity index (χ1v) is 10.2. The molecule has 0 heterocycles. The summed E-state index contributed by atoms with van der Waals surface area (Å²) in [6, 6.07) is 4.92. The lowest BCUT2D eigenvalue weighted by atomic mass is 9.37.